The number of benzene rings is 3. The highest BCUT2D eigenvalue weighted by Gasteiger charge is 2.25. The predicted octanol–water partition coefficient (Wildman–Crippen LogP) is 6.76. The molecule has 0 aliphatic rings. The van der Waals surface area contributed by atoms with Gasteiger partial charge in [-0.3, -0.25) is 20.2 Å². The minimum absolute atomic E-state index is 0.0671. The van der Waals surface area contributed by atoms with E-state index in [4.69, 9.17) is 16.9 Å². The van der Waals surface area contributed by atoms with Gasteiger partial charge in [-0.25, -0.2) is 5.26 Å². The SMILES string of the molecule is Cc1ccc(Nc2cc(F)c([N+](=O)[O-])cc2[N+](=O)[O-])cc1Nc1nc(Cl)nc(Nc2ccc(SOOO)c(C)c2)n1. The first-order chi connectivity index (χ1) is 19.5. The molecule has 0 spiro atoms. The molecule has 0 amide bonds. The standard InChI is InChI=1S/C23H18ClFN8O7S/c1-11-3-4-14(26-17-9-15(25)18(32(34)35)10-19(17)33(36)37)8-16(11)28-23-30-21(24)29-22(31-23)27-13-5-6-20(12(2)7-13)41-40-39-38/h3-10,26,38H,1-2H3,(H2,27,28,29,30,31). The Morgan fingerprint density at radius 1 is 0.854 bits per heavy atom. The lowest BCUT2D eigenvalue weighted by molar-refractivity contribution is -0.432. The van der Waals surface area contributed by atoms with Gasteiger partial charge in [0, 0.05) is 28.0 Å². The molecule has 0 bridgehead atoms. The van der Waals surface area contributed by atoms with Gasteiger partial charge in [-0.05, 0) is 66.9 Å². The summed E-state index contributed by atoms with van der Waals surface area (Å²) in [7, 11) is 0. The fraction of sp³-hybridized carbons (Fsp3) is 0.0870. The zero-order chi connectivity index (χ0) is 29.7. The number of hydrogen-bond donors (Lipinski definition) is 4. The Hall–Kier alpha value is -4.68. The summed E-state index contributed by atoms with van der Waals surface area (Å²) in [5.74, 6) is -1.05. The number of nitro benzene ring substituents is 2. The summed E-state index contributed by atoms with van der Waals surface area (Å²) < 4.78 is 18.7. The number of aromatic nitrogens is 3. The Morgan fingerprint density at radius 3 is 2.17 bits per heavy atom. The van der Waals surface area contributed by atoms with Crippen LogP contribution in [0.25, 0.3) is 0 Å². The van der Waals surface area contributed by atoms with Crippen molar-refractivity contribution in [2.45, 2.75) is 18.7 Å². The van der Waals surface area contributed by atoms with Gasteiger partial charge in [0.2, 0.25) is 23.0 Å². The summed E-state index contributed by atoms with van der Waals surface area (Å²) >= 11 is 6.93. The van der Waals surface area contributed by atoms with Crippen molar-refractivity contribution in [3.63, 3.8) is 0 Å². The quantitative estimate of drug-likeness (QED) is 0.0605. The van der Waals surface area contributed by atoms with Crippen LogP contribution >= 0.6 is 23.6 Å². The van der Waals surface area contributed by atoms with Crippen LogP contribution in [-0.2, 0) is 9.37 Å². The van der Waals surface area contributed by atoms with Gasteiger partial charge in [-0.15, -0.1) is 4.33 Å². The minimum atomic E-state index is -1.23. The van der Waals surface area contributed by atoms with E-state index in [2.05, 4.69) is 40.3 Å². The molecule has 0 atom stereocenters. The third-order valence-electron chi connectivity index (χ3n) is 5.42. The van der Waals surface area contributed by atoms with Crippen LogP contribution in [-0.4, -0.2) is 30.1 Å². The molecule has 1 aromatic heterocycles. The van der Waals surface area contributed by atoms with Crippen LogP contribution in [0.15, 0.2) is 53.4 Å². The normalized spacial score (nSPS) is 10.8. The van der Waals surface area contributed by atoms with Crippen LogP contribution in [0.1, 0.15) is 11.1 Å². The van der Waals surface area contributed by atoms with Crippen molar-refractivity contribution in [1.29, 1.82) is 0 Å². The van der Waals surface area contributed by atoms with Crippen LogP contribution in [0.2, 0.25) is 5.28 Å². The summed E-state index contributed by atoms with van der Waals surface area (Å²) in [5.41, 5.74) is 0.937. The number of aryl methyl sites for hydroxylation is 2. The summed E-state index contributed by atoms with van der Waals surface area (Å²) in [4.78, 5) is 33.7. The van der Waals surface area contributed by atoms with Crippen molar-refractivity contribution in [3.8, 4) is 0 Å². The van der Waals surface area contributed by atoms with Crippen molar-refractivity contribution in [2.24, 2.45) is 0 Å². The van der Waals surface area contributed by atoms with Gasteiger partial charge in [0.05, 0.1) is 28.0 Å². The average molecular weight is 605 g/mol. The van der Waals surface area contributed by atoms with E-state index in [1.807, 2.05) is 6.92 Å². The molecule has 0 unspecified atom stereocenters. The molecule has 0 fully saturated rings. The average Bonchev–Trinajstić information content (AvgIpc) is 2.89. The number of halogens is 2. The second-order valence-corrected chi connectivity index (χ2v) is 9.28. The van der Waals surface area contributed by atoms with E-state index in [0.717, 1.165) is 23.2 Å². The number of nitro groups is 2. The van der Waals surface area contributed by atoms with Crippen LogP contribution in [0.3, 0.4) is 0 Å². The Balaban J connectivity index is 1.57. The molecule has 4 N–H and O–H groups in total. The minimum Gasteiger partial charge on any atom is -0.350 e. The maximum Gasteiger partial charge on any atom is 0.311 e. The first-order valence-electron chi connectivity index (χ1n) is 11.2. The summed E-state index contributed by atoms with van der Waals surface area (Å²) in [6.07, 6.45) is 0. The number of anilines is 6. The van der Waals surface area contributed by atoms with Gasteiger partial charge in [-0.1, -0.05) is 11.1 Å². The van der Waals surface area contributed by atoms with E-state index < -0.39 is 27.0 Å². The Kier molecular flexibility index (Phi) is 9.05. The molecule has 3 aromatic carbocycles. The van der Waals surface area contributed by atoms with Crippen molar-refractivity contribution < 1.29 is 28.9 Å². The first kappa shape index (κ1) is 29.3. The number of rotatable bonds is 11. The smallest absolute Gasteiger partial charge is 0.311 e. The molecule has 0 saturated carbocycles. The van der Waals surface area contributed by atoms with Crippen molar-refractivity contribution in [1.82, 2.24) is 15.0 Å². The molecule has 15 nitrogen and oxygen atoms in total. The number of nitrogens with one attached hydrogen (secondary N) is 3. The summed E-state index contributed by atoms with van der Waals surface area (Å²) in [6.45, 7) is 3.58. The molecule has 0 radical (unpaired) electrons. The van der Waals surface area contributed by atoms with Gasteiger partial charge in [0.25, 0.3) is 5.69 Å². The van der Waals surface area contributed by atoms with E-state index in [-0.39, 0.29) is 22.9 Å². The van der Waals surface area contributed by atoms with Crippen molar-refractivity contribution in [2.75, 3.05) is 16.0 Å². The highest BCUT2D eigenvalue weighted by atomic mass is 35.5. The van der Waals surface area contributed by atoms with Gasteiger partial charge in [-0.2, -0.15) is 19.3 Å². The highest BCUT2D eigenvalue weighted by molar-refractivity contribution is 7.94. The molecule has 212 valence electrons. The molecule has 1 heterocycles. The molecule has 18 heteroatoms. The van der Waals surface area contributed by atoms with Crippen LogP contribution in [0.4, 0.5) is 50.4 Å². The zero-order valence-electron chi connectivity index (χ0n) is 20.9. The lowest BCUT2D eigenvalue weighted by Gasteiger charge is -2.13. The summed E-state index contributed by atoms with van der Waals surface area (Å²) in [5, 5.41) is 43.0. The molecular weight excluding hydrogens is 587 g/mol. The maximum atomic E-state index is 14.2. The second kappa shape index (κ2) is 12.7. The maximum absolute atomic E-state index is 14.2. The molecular formula is C23H18ClFN8O7S. The molecule has 0 aliphatic heterocycles. The molecule has 41 heavy (non-hydrogen) atoms. The predicted molar refractivity (Wildman–Crippen MR) is 147 cm³/mol. The lowest BCUT2D eigenvalue weighted by atomic mass is 10.1. The van der Waals surface area contributed by atoms with Gasteiger partial charge in [0.15, 0.2) is 0 Å². The molecule has 0 saturated heterocycles. The van der Waals surface area contributed by atoms with Crippen molar-refractivity contribution >= 4 is 69.7 Å². The van der Waals surface area contributed by atoms with Crippen molar-refractivity contribution in [3.05, 3.63) is 91.0 Å². The van der Waals surface area contributed by atoms with E-state index in [9.17, 15) is 24.6 Å². The highest BCUT2D eigenvalue weighted by Crippen LogP contribution is 2.35. The summed E-state index contributed by atoms with van der Waals surface area (Å²) in [6, 6.07) is 11.2. The monoisotopic (exact) mass is 604 g/mol. The third-order valence-corrected chi connectivity index (χ3v) is 6.35. The molecule has 4 aromatic rings. The molecule has 0 aliphatic carbocycles. The Labute approximate surface area is 239 Å². The first-order valence-corrected chi connectivity index (χ1v) is 12.4. The van der Waals surface area contributed by atoms with Crippen LogP contribution in [0, 0.1) is 39.9 Å². The number of nitrogens with zero attached hydrogens (tertiary/aromatic N) is 5. The van der Waals surface area contributed by atoms with Crippen LogP contribution < -0.4 is 16.0 Å². The van der Waals surface area contributed by atoms with E-state index in [0.29, 0.717) is 34.1 Å². The van der Waals surface area contributed by atoms with E-state index in [1.54, 1.807) is 43.3 Å². The third kappa shape index (κ3) is 7.29. The fourth-order valence-corrected chi connectivity index (χ4v) is 4.09. The number of hydrogen-bond acceptors (Lipinski definition) is 14. The van der Waals surface area contributed by atoms with Gasteiger partial charge in [0.1, 0.15) is 5.69 Å². The fourth-order valence-electron chi connectivity index (χ4n) is 3.52. The Morgan fingerprint density at radius 2 is 1.51 bits per heavy atom. The lowest BCUT2D eigenvalue weighted by Crippen LogP contribution is -2.05. The van der Waals surface area contributed by atoms with E-state index >= 15 is 0 Å². The topological polar surface area (TPSA) is 200 Å². The second-order valence-electron chi connectivity index (χ2n) is 8.20. The van der Waals surface area contributed by atoms with Gasteiger partial charge < -0.3 is 16.0 Å². The van der Waals surface area contributed by atoms with E-state index in [1.165, 1.54) is 0 Å². The van der Waals surface area contributed by atoms with Crippen LogP contribution in [0.5, 0.6) is 0 Å². The Bertz CT molecular complexity index is 1650. The van der Waals surface area contributed by atoms with Gasteiger partial charge >= 0.3 is 5.69 Å². The largest absolute Gasteiger partial charge is 0.350 e. The molecule has 4 rings (SSSR count). The zero-order valence-corrected chi connectivity index (χ0v) is 22.5.